The third kappa shape index (κ3) is 3.89. The van der Waals surface area contributed by atoms with Crippen LogP contribution in [0.3, 0.4) is 0 Å². The van der Waals surface area contributed by atoms with Crippen molar-refractivity contribution < 1.29 is 19.4 Å². The molecule has 0 aromatic carbocycles. The number of aliphatic carboxylic acids is 1. The number of rotatable bonds is 2. The highest BCUT2D eigenvalue weighted by Crippen LogP contribution is 2.27. The van der Waals surface area contributed by atoms with Crippen LogP contribution in [0.5, 0.6) is 0 Å². The number of carbonyl (C=O) groups excluding carboxylic acids is 1. The van der Waals surface area contributed by atoms with Crippen LogP contribution in [0, 0.1) is 5.92 Å². The Morgan fingerprint density at radius 3 is 2.44 bits per heavy atom. The van der Waals surface area contributed by atoms with Crippen molar-refractivity contribution in [2.45, 2.75) is 58.6 Å². The Morgan fingerprint density at radius 1 is 1.39 bits per heavy atom. The zero-order valence-electron chi connectivity index (χ0n) is 11.6. The second kappa shape index (κ2) is 5.59. The fourth-order valence-electron chi connectivity index (χ4n) is 2.18. The van der Waals surface area contributed by atoms with Crippen LogP contribution in [0.4, 0.5) is 4.79 Å². The van der Waals surface area contributed by atoms with E-state index in [0.717, 1.165) is 12.8 Å². The Labute approximate surface area is 108 Å². The van der Waals surface area contributed by atoms with Crippen LogP contribution in [0.1, 0.15) is 47.0 Å². The van der Waals surface area contributed by atoms with Gasteiger partial charge in [-0.25, -0.2) is 9.59 Å². The molecule has 0 unspecified atom stereocenters. The third-order valence-electron chi connectivity index (χ3n) is 3.20. The molecule has 5 heteroatoms. The van der Waals surface area contributed by atoms with Gasteiger partial charge in [-0.15, -0.1) is 0 Å². The van der Waals surface area contributed by atoms with Crippen LogP contribution >= 0.6 is 0 Å². The quantitative estimate of drug-likeness (QED) is 0.825. The lowest BCUT2D eigenvalue weighted by Gasteiger charge is -2.37. The number of carboxylic acids is 1. The highest BCUT2D eigenvalue weighted by molar-refractivity contribution is 5.80. The Bertz CT molecular complexity index is 321. The van der Waals surface area contributed by atoms with E-state index in [9.17, 15) is 14.7 Å². The smallest absolute Gasteiger partial charge is 0.411 e. The number of hydrogen-bond acceptors (Lipinski definition) is 3. The number of piperidine rings is 1. The zero-order chi connectivity index (χ0) is 13.9. The average molecular weight is 257 g/mol. The van der Waals surface area contributed by atoms with Crippen molar-refractivity contribution in [2.75, 3.05) is 6.54 Å². The van der Waals surface area contributed by atoms with E-state index in [-0.39, 0.29) is 0 Å². The van der Waals surface area contributed by atoms with E-state index < -0.39 is 23.7 Å². The van der Waals surface area contributed by atoms with Gasteiger partial charge in [0, 0.05) is 6.54 Å². The topological polar surface area (TPSA) is 66.8 Å². The maximum absolute atomic E-state index is 12.0. The molecule has 5 nitrogen and oxygen atoms in total. The molecule has 0 spiro atoms. The van der Waals surface area contributed by atoms with Crippen molar-refractivity contribution in [1.82, 2.24) is 4.90 Å². The first-order valence-electron chi connectivity index (χ1n) is 6.47. The Kier molecular flexibility index (Phi) is 4.59. The zero-order valence-corrected chi connectivity index (χ0v) is 11.6. The molecule has 0 aromatic rings. The number of nitrogens with zero attached hydrogens (tertiary/aromatic N) is 1. The summed E-state index contributed by atoms with van der Waals surface area (Å²) in [6.07, 6.45) is 1.79. The minimum Gasteiger partial charge on any atom is -0.480 e. The van der Waals surface area contributed by atoms with Gasteiger partial charge in [0.25, 0.3) is 0 Å². The molecule has 1 aliphatic rings. The first-order valence-corrected chi connectivity index (χ1v) is 6.47. The Morgan fingerprint density at radius 2 is 2.00 bits per heavy atom. The molecule has 0 aromatic heterocycles. The van der Waals surface area contributed by atoms with Crippen molar-refractivity contribution in [3.8, 4) is 0 Å². The molecular weight excluding hydrogens is 234 g/mol. The molecule has 2 atom stereocenters. The lowest BCUT2D eigenvalue weighted by atomic mass is 9.89. The van der Waals surface area contributed by atoms with Gasteiger partial charge >= 0.3 is 12.1 Å². The number of ether oxygens (including phenoxy) is 1. The Hall–Kier alpha value is -1.26. The second-order valence-corrected chi connectivity index (χ2v) is 5.83. The maximum Gasteiger partial charge on any atom is 0.411 e. The third-order valence-corrected chi connectivity index (χ3v) is 3.20. The molecule has 1 aliphatic heterocycles. The Balaban J connectivity index is 2.74. The van der Waals surface area contributed by atoms with Crippen LogP contribution in [0.2, 0.25) is 0 Å². The fraction of sp³-hybridized carbons (Fsp3) is 0.846. The van der Waals surface area contributed by atoms with Crippen LogP contribution < -0.4 is 0 Å². The number of likely N-dealkylation sites (tertiary alicyclic amines) is 1. The van der Waals surface area contributed by atoms with Gasteiger partial charge in [-0.2, -0.15) is 0 Å². The van der Waals surface area contributed by atoms with Gasteiger partial charge in [0.2, 0.25) is 0 Å². The monoisotopic (exact) mass is 257 g/mol. The van der Waals surface area contributed by atoms with Gasteiger partial charge in [0.05, 0.1) is 0 Å². The van der Waals surface area contributed by atoms with Gasteiger partial charge in [-0.05, 0) is 39.5 Å². The predicted octanol–water partition coefficient (Wildman–Crippen LogP) is 2.50. The molecule has 0 saturated carbocycles. The summed E-state index contributed by atoms with van der Waals surface area (Å²) in [5.74, 6) is -0.566. The van der Waals surface area contributed by atoms with Gasteiger partial charge in [-0.1, -0.05) is 13.3 Å². The van der Waals surface area contributed by atoms with Crippen molar-refractivity contribution in [3.63, 3.8) is 0 Å². The molecule has 1 saturated heterocycles. The van der Waals surface area contributed by atoms with Gasteiger partial charge in [-0.3, -0.25) is 4.90 Å². The van der Waals surface area contributed by atoms with Gasteiger partial charge in [0.1, 0.15) is 11.6 Å². The van der Waals surface area contributed by atoms with Crippen LogP contribution in [-0.2, 0) is 9.53 Å². The number of carboxylic acid groups (broad SMARTS) is 1. The summed E-state index contributed by atoms with van der Waals surface area (Å²) in [6, 6.07) is -0.751. The lowest BCUT2D eigenvalue weighted by Crippen LogP contribution is -2.51. The summed E-state index contributed by atoms with van der Waals surface area (Å²) < 4.78 is 5.25. The number of hydrogen-bond donors (Lipinski definition) is 1. The number of amides is 1. The normalized spacial score (nSPS) is 24.8. The van der Waals surface area contributed by atoms with Crippen molar-refractivity contribution in [3.05, 3.63) is 0 Å². The minimum atomic E-state index is -0.945. The predicted molar refractivity (Wildman–Crippen MR) is 67.4 cm³/mol. The summed E-state index contributed by atoms with van der Waals surface area (Å²) in [5, 5.41) is 9.22. The van der Waals surface area contributed by atoms with E-state index in [1.54, 1.807) is 20.8 Å². The highest BCUT2D eigenvalue weighted by Gasteiger charge is 2.37. The van der Waals surface area contributed by atoms with Crippen LogP contribution in [-0.4, -0.2) is 40.3 Å². The molecular formula is C13H23NO4. The van der Waals surface area contributed by atoms with E-state index in [4.69, 9.17) is 4.74 Å². The second-order valence-electron chi connectivity index (χ2n) is 5.83. The lowest BCUT2D eigenvalue weighted by molar-refractivity contribution is -0.145. The summed E-state index contributed by atoms with van der Waals surface area (Å²) in [4.78, 5) is 24.6. The number of carbonyl (C=O) groups is 2. The molecule has 18 heavy (non-hydrogen) atoms. The van der Waals surface area contributed by atoms with Crippen molar-refractivity contribution in [2.24, 2.45) is 5.92 Å². The van der Waals surface area contributed by atoms with Crippen molar-refractivity contribution in [1.29, 1.82) is 0 Å². The molecule has 1 rings (SSSR count). The van der Waals surface area contributed by atoms with E-state index >= 15 is 0 Å². The van der Waals surface area contributed by atoms with Crippen LogP contribution in [0.15, 0.2) is 0 Å². The molecule has 104 valence electrons. The first-order chi connectivity index (χ1) is 8.24. The standard InChI is InChI=1S/C13H23NO4/c1-5-9-6-7-14(10(8-9)11(15)16)12(17)18-13(2,3)4/h9-10H,5-8H2,1-4H3,(H,15,16)/t9-,10-/m1/s1. The highest BCUT2D eigenvalue weighted by atomic mass is 16.6. The van der Waals surface area contributed by atoms with E-state index in [0.29, 0.717) is 18.9 Å². The molecule has 1 fully saturated rings. The molecule has 0 bridgehead atoms. The SMILES string of the molecule is CC[C@@H]1CCN(C(=O)OC(C)(C)C)[C@@H](C(=O)O)C1. The summed E-state index contributed by atoms with van der Waals surface area (Å²) in [5.41, 5.74) is -0.595. The largest absolute Gasteiger partial charge is 0.480 e. The molecule has 0 aliphatic carbocycles. The van der Waals surface area contributed by atoms with E-state index in [2.05, 4.69) is 0 Å². The summed E-state index contributed by atoms with van der Waals surface area (Å²) >= 11 is 0. The molecule has 0 radical (unpaired) electrons. The van der Waals surface area contributed by atoms with Crippen LogP contribution in [0.25, 0.3) is 0 Å². The molecule has 1 heterocycles. The van der Waals surface area contributed by atoms with Crippen molar-refractivity contribution >= 4 is 12.1 Å². The van der Waals surface area contributed by atoms with Gasteiger partial charge < -0.3 is 9.84 Å². The summed E-state index contributed by atoms with van der Waals surface area (Å²) in [6.45, 7) is 7.84. The van der Waals surface area contributed by atoms with E-state index in [1.165, 1.54) is 4.90 Å². The minimum absolute atomic E-state index is 0.379. The maximum atomic E-state index is 12.0. The fourth-order valence-corrected chi connectivity index (χ4v) is 2.18. The van der Waals surface area contributed by atoms with E-state index in [1.807, 2.05) is 6.92 Å². The average Bonchev–Trinajstić information content (AvgIpc) is 2.25. The van der Waals surface area contributed by atoms with Gasteiger partial charge in [0.15, 0.2) is 0 Å². The first kappa shape index (κ1) is 14.8. The molecule has 1 N–H and O–H groups in total. The summed E-state index contributed by atoms with van der Waals surface area (Å²) in [7, 11) is 0. The molecule has 1 amide bonds.